The summed E-state index contributed by atoms with van der Waals surface area (Å²) in [6.07, 6.45) is 0. The van der Waals surface area contributed by atoms with Crippen LogP contribution in [0.3, 0.4) is 0 Å². The number of aromatic nitrogens is 1. The standard InChI is InChI=1S/C21H23FN4OS/c22-17-6-2-1-5-16(17)13-23-20(27)14-25-9-11-26(12-10-25)15-21-24-18-7-3-4-8-19(18)28-21/h1-8H,9-15H2,(H,23,27)/p+2. The van der Waals surface area contributed by atoms with Crippen LogP contribution in [-0.4, -0.2) is 43.6 Å². The minimum atomic E-state index is -0.276. The molecule has 3 N–H and O–H groups in total. The third-order valence-electron chi connectivity index (χ3n) is 5.25. The maximum Gasteiger partial charge on any atom is 0.275 e. The molecule has 1 aliphatic heterocycles. The van der Waals surface area contributed by atoms with Gasteiger partial charge in [0, 0.05) is 12.1 Å². The Balaban J connectivity index is 1.21. The lowest BCUT2D eigenvalue weighted by Crippen LogP contribution is -3.28. The first kappa shape index (κ1) is 19.0. The summed E-state index contributed by atoms with van der Waals surface area (Å²) in [7, 11) is 0. The first-order chi connectivity index (χ1) is 13.7. The number of halogens is 1. The number of hydrogen-bond donors (Lipinski definition) is 3. The molecule has 1 saturated heterocycles. The Bertz CT molecular complexity index is 919. The number of para-hydroxylation sites is 1. The quantitative estimate of drug-likeness (QED) is 0.547. The van der Waals surface area contributed by atoms with Gasteiger partial charge in [0.1, 0.15) is 43.5 Å². The van der Waals surface area contributed by atoms with E-state index >= 15 is 0 Å². The van der Waals surface area contributed by atoms with Crippen molar-refractivity contribution in [2.45, 2.75) is 13.1 Å². The van der Waals surface area contributed by atoms with E-state index in [9.17, 15) is 9.18 Å². The highest BCUT2D eigenvalue weighted by Crippen LogP contribution is 2.20. The Kier molecular flexibility index (Phi) is 5.95. The van der Waals surface area contributed by atoms with Gasteiger partial charge in [-0.15, -0.1) is 11.3 Å². The predicted octanol–water partition coefficient (Wildman–Crippen LogP) is 0.0352. The van der Waals surface area contributed by atoms with E-state index in [2.05, 4.69) is 23.5 Å². The van der Waals surface area contributed by atoms with E-state index in [0.717, 1.165) is 38.2 Å². The largest absolute Gasteiger partial charge is 0.347 e. The zero-order valence-electron chi connectivity index (χ0n) is 15.7. The van der Waals surface area contributed by atoms with Crippen molar-refractivity contribution in [2.75, 3.05) is 32.7 Å². The van der Waals surface area contributed by atoms with Gasteiger partial charge in [-0.25, -0.2) is 9.37 Å². The van der Waals surface area contributed by atoms with Gasteiger partial charge in [-0.1, -0.05) is 30.3 Å². The Morgan fingerprint density at radius 1 is 1.04 bits per heavy atom. The molecule has 0 spiro atoms. The van der Waals surface area contributed by atoms with E-state index in [1.807, 2.05) is 6.07 Å². The molecule has 28 heavy (non-hydrogen) atoms. The first-order valence-corrected chi connectivity index (χ1v) is 10.5. The summed E-state index contributed by atoms with van der Waals surface area (Å²) >= 11 is 1.77. The van der Waals surface area contributed by atoms with E-state index in [0.29, 0.717) is 12.1 Å². The maximum atomic E-state index is 13.6. The minimum Gasteiger partial charge on any atom is -0.347 e. The first-order valence-electron chi connectivity index (χ1n) is 9.69. The molecule has 2 aromatic carbocycles. The Morgan fingerprint density at radius 2 is 1.75 bits per heavy atom. The third kappa shape index (κ3) is 4.73. The Morgan fingerprint density at radius 3 is 2.54 bits per heavy atom. The van der Waals surface area contributed by atoms with Gasteiger partial charge in [-0.2, -0.15) is 0 Å². The molecule has 1 amide bonds. The molecular formula is C21H25FN4OS+2. The second-order valence-electron chi connectivity index (χ2n) is 7.30. The monoisotopic (exact) mass is 400 g/mol. The van der Waals surface area contributed by atoms with Gasteiger partial charge in [-0.3, -0.25) is 4.79 Å². The second-order valence-corrected chi connectivity index (χ2v) is 8.41. The number of nitrogens with zero attached hydrogens (tertiary/aromatic N) is 1. The lowest BCUT2D eigenvalue weighted by Gasteiger charge is -2.28. The second kappa shape index (κ2) is 8.77. The molecule has 0 unspecified atom stereocenters. The lowest BCUT2D eigenvalue weighted by atomic mass is 10.2. The average molecular weight is 401 g/mol. The van der Waals surface area contributed by atoms with Crippen LogP contribution in [0, 0.1) is 5.82 Å². The van der Waals surface area contributed by atoms with Crippen molar-refractivity contribution in [3.05, 3.63) is 64.9 Å². The van der Waals surface area contributed by atoms with E-state index < -0.39 is 0 Å². The number of quaternary nitrogens is 2. The van der Waals surface area contributed by atoms with Gasteiger partial charge in [-0.05, 0) is 18.2 Å². The van der Waals surface area contributed by atoms with Crippen LogP contribution in [0.25, 0.3) is 10.2 Å². The predicted molar refractivity (Wildman–Crippen MR) is 108 cm³/mol. The zero-order chi connectivity index (χ0) is 19.3. The SMILES string of the molecule is O=C(C[NH+]1CC[NH+](Cc2nc3ccccc3s2)CC1)NCc1ccccc1F. The molecule has 146 valence electrons. The molecular weight excluding hydrogens is 375 g/mol. The number of hydrogen-bond acceptors (Lipinski definition) is 3. The van der Waals surface area contributed by atoms with Gasteiger partial charge >= 0.3 is 0 Å². The number of rotatable bonds is 6. The molecule has 1 aliphatic rings. The van der Waals surface area contributed by atoms with Crippen molar-refractivity contribution < 1.29 is 19.0 Å². The van der Waals surface area contributed by atoms with Crippen LogP contribution < -0.4 is 15.1 Å². The fourth-order valence-corrected chi connectivity index (χ4v) is 4.68. The van der Waals surface area contributed by atoms with Crippen molar-refractivity contribution in [1.29, 1.82) is 0 Å². The molecule has 0 aliphatic carbocycles. The highest BCUT2D eigenvalue weighted by molar-refractivity contribution is 7.18. The molecule has 0 atom stereocenters. The van der Waals surface area contributed by atoms with E-state index in [1.54, 1.807) is 29.5 Å². The van der Waals surface area contributed by atoms with Gasteiger partial charge in [0.05, 0.1) is 10.2 Å². The Labute approximate surface area is 167 Å². The normalized spacial score (nSPS) is 19.6. The highest BCUT2D eigenvalue weighted by atomic mass is 32.1. The molecule has 0 radical (unpaired) electrons. The molecule has 2 heterocycles. The maximum absolute atomic E-state index is 13.6. The highest BCUT2D eigenvalue weighted by Gasteiger charge is 2.25. The zero-order valence-corrected chi connectivity index (χ0v) is 16.5. The summed E-state index contributed by atoms with van der Waals surface area (Å²) in [6.45, 7) is 5.64. The molecule has 0 saturated carbocycles. The molecule has 1 aromatic heterocycles. The van der Waals surface area contributed by atoms with Crippen LogP contribution in [0.5, 0.6) is 0 Å². The van der Waals surface area contributed by atoms with Gasteiger partial charge in [0.15, 0.2) is 6.54 Å². The fourth-order valence-electron chi connectivity index (χ4n) is 3.65. The van der Waals surface area contributed by atoms with Gasteiger partial charge in [0.25, 0.3) is 5.91 Å². The van der Waals surface area contributed by atoms with Gasteiger partial charge in [0.2, 0.25) is 0 Å². The van der Waals surface area contributed by atoms with Gasteiger partial charge < -0.3 is 15.1 Å². The summed E-state index contributed by atoms with van der Waals surface area (Å²) in [6, 6.07) is 14.8. The molecule has 4 rings (SSSR count). The van der Waals surface area contributed by atoms with Crippen LogP contribution in [-0.2, 0) is 17.9 Å². The summed E-state index contributed by atoms with van der Waals surface area (Å²) in [5, 5.41) is 4.02. The number of benzene rings is 2. The third-order valence-corrected chi connectivity index (χ3v) is 6.28. The molecule has 5 nitrogen and oxygen atoms in total. The topological polar surface area (TPSA) is 50.9 Å². The van der Waals surface area contributed by atoms with Crippen molar-refractivity contribution in [2.24, 2.45) is 0 Å². The number of fused-ring (bicyclic) bond motifs is 1. The lowest BCUT2D eigenvalue weighted by molar-refractivity contribution is -1.02. The van der Waals surface area contributed by atoms with Crippen molar-refractivity contribution in [3.8, 4) is 0 Å². The number of amides is 1. The number of carbonyl (C=O) groups excluding carboxylic acids is 1. The van der Waals surface area contributed by atoms with Crippen LogP contribution in [0.1, 0.15) is 10.6 Å². The summed E-state index contributed by atoms with van der Waals surface area (Å²) < 4.78 is 14.9. The van der Waals surface area contributed by atoms with Crippen molar-refractivity contribution in [1.82, 2.24) is 10.3 Å². The number of thiazole rings is 1. The summed E-state index contributed by atoms with van der Waals surface area (Å²) in [4.78, 5) is 19.7. The van der Waals surface area contributed by atoms with E-state index in [1.165, 1.54) is 25.6 Å². The van der Waals surface area contributed by atoms with Crippen LogP contribution in [0.2, 0.25) is 0 Å². The summed E-state index contributed by atoms with van der Waals surface area (Å²) in [5.74, 6) is -0.296. The van der Waals surface area contributed by atoms with Crippen molar-refractivity contribution >= 4 is 27.5 Å². The summed E-state index contributed by atoms with van der Waals surface area (Å²) in [5.41, 5.74) is 1.61. The fraction of sp³-hybridized carbons (Fsp3) is 0.333. The van der Waals surface area contributed by atoms with E-state index in [4.69, 9.17) is 4.98 Å². The van der Waals surface area contributed by atoms with Crippen molar-refractivity contribution in [3.63, 3.8) is 0 Å². The number of nitrogens with one attached hydrogen (secondary N) is 3. The number of carbonyl (C=O) groups is 1. The average Bonchev–Trinajstić information content (AvgIpc) is 3.11. The van der Waals surface area contributed by atoms with Crippen LogP contribution >= 0.6 is 11.3 Å². The Hall–Kier alpha value is -2.35. The molecule has 0 bridgehead atoms. The number of piperazine rings is 1. The molecule has 1 fully saturated rings. The van der Waals surface area contributed by atoms with Crippen LogP contribution in [0.4, 0.5) is 4.39 Å². The van der Waals surface area contributed by atoms with Crippen LogP contribution in [0.15, 0.2) is 48.5 Å². The minimum absolute atomic E-state index is 0.0205. The molecule has 7 heteroatoms. The molecule has 3 aromatic rings. The smallest absolute Gasteiger partial charge is 0.275 e. The van der Waals surface area contributed by atoms with E-state index in [-0.39, 0.29) is 18.3 Å².